The van der Waals surface area contributed by atoms with Crippen molar-refractivity contribution >= 4 is 61.9 Å². The van der Waals surface area contributed by atoms with Crippen molar-refractivity contribution < 1.29 is 4.79 Å². The SMILES string of the molecule is Cc1ccc2sc(NC(=O)Cn3c(N)nnc3SCc3ccccc3Cl)nc2c1. The lowest BCUT2D eigenvalue weighted by Gasteiger charge is -2.08. The monoisotopic (exact) mass is 444 g/mol. The predicted molar refractivity (Wildman–Crippen MR) is 118 cm³/mol. The molecule has 0 spiro atoms. The molecule has 0 radical (unpaired) electrons. The molecule has 2 aromatic heterocycles. The van der Waals surface area contributed by atoms with E-state index in [0.717, 1.165) is 21.3 Å². The zero-order valence-corrected chi connectivity index (χ0v) is 17.8. The molecule has 0 aliphatic carbocycles. The van der Waals surface area contributed by atoms with Crippen LogP contribution in [0.25, 0.3) is 10.2 Å². The summed E-state index contributed by atoms with van der Waals surface area (Å²) in [7, 11) is 0. The number of halogens is 1. The quantitative estimate of drug-likeness (QED) is 0.428. The normalized spacial score (nSPS) is 11.1. The lowest BCUT2D eigenvalue weighted by atomic mass is 10.2. The second kappa shape index (κ2) is 8.40. The highest BCUT2D eigenvalue weighted by Gasteiger charge is 2.16. The minimum atomic E-state index is -0.244. The number of rotatable bonds is 6. The van der Waals surface area contributed by atoms with E-state index in [1.165, 1.54) is 23.1 Å². The maximum atomic E-state index is 12.5. The number of nitrogens with zero attached hydrogens (tertiary/aromatic N) is 4. The Kier molecular flexibility index (Phi) is 5.70. The van der Waals surface area contributed by atoms with Crippen LogP contribution in [0.3, 0.4) is 0 Å². The molecule has 29 heavy (non-hydrogen) atoms. The van der Waals surface area contributed by atoms with Crippen molar-refractivity contribution in [1.29, 1.82) is 0 Å². The van der Waals surface area contributed by atoms with E-state index in [4.69, 9.17) is 17.3 Å². The summed E-state index contributed by atoms with van der Waals surface area (Å²) in [6, 6.07) is 13.6. The van der Waals surface area contributed by atoms with E-state index in [0.29, 0.717) is 21.1 Å². The Hall–Kier alpha value is -2.62. The maximum Gasteiger partial charge on any atom is 0.246 e. The molecule has 4 rings (SSSR count). The van der Waals surface area contributed by atoms with Crippen LogP contribution in [0.1, 0.15) is 11.1 Å². The zero-order valence-electron chi connectivity index (χ0n) is 15.4. The summed E-state index contributed by atoms with van der Waals surface area (Å²) in [4.78, 5) is 17.0. The first-order chi connectivity index (χ1) is 14.0. The number of amides is 1. The van der Waals surface area contributed by atoms with E-state index in [-0.39, 0.29) is 18.4 Å². The molecule has 0 bridgehead atoms. The van der Waals surface area contributed by atoms with Crippen LogP contribution in [0.2, 0.25) is 5.02 Å². The molecule has 2 aromatic carbocycles. The Labute approximate surface area is 180 Å². The van der Waals surface area contributed by atoms with E-state index in [2.05, 4.69) is 20.5 Å². The number of aromatic nitrogens is 4. The Balaban J connectivity index is 1.45. The standard InChI is InChI=1S/C19H17ClN6OS2/c1-11-6-7-15-14(8-11)22-18(29-15)23-16(27)9-26-17(21)24-25-19(26)28-10-12-4-2-3-5-13(12)20/h2-8H,9-10H2,1H3,(H2,21,24)(H,22,23,27). The van der Waals surface area contributed by atoms with Crippen molar-refractivity contribution in [3.8, 4) is 0 Å². The van der Waals surface area contributed by atoms with Crippen LogP contribution in [0, 0.1) is 6.92 Å². The van der Waals surface area contributed by atoms with Gasteiger partial charge in [0.2, 0.25) is 11.9 Å². The Morgan fingerprint density at radius 1 is 1.28 bits per heavy atom. The summed E-state index contributed by atoms with van der Waals surface area (Å²) in [6.45, 7) is 2.01. The van der Waals surface area contributed by atoms with Gasteiger partial charge in [-0.15, -0.1) is 10.2 Å². The number of carbonyl (C=O) groups excluding carboxylic acids is 1. The van der Waals surface area contributed by atoms with Crippen LogP contribution in [0.5, 0.6) is 0 Å². The molecule has 0 aliphatic heterocycles. The molecule has 0 fully saturated rings. The molecular weight excluding hydrogens is 428 g/mol. The Morgan fingerprint density at radius 3 is 2.93 bits per heavy atom. The smallest absolute Gasteiger partial charge is 0.246 e. The third-order valence-corrected chi connectivity index (χ3v) is 6.49. The molecule has 0 unspecified atom stereocenters. The van der Waals surface area contributed by atoms with Crippen molar-refractivity contribution in [3.63, 3.8) is 0 Å². The van der Waals surface area contributed by atoms with Gasteiger partial charge in [0.1, 0.15) is 6.54 Å². The van der Waals surface area contributed by atoms with Gasteiger partial charge in [-0.2, -0.15) is 0 Å². The van der Waals surface area contributed by atoms with Gasteiger partial charge in [0.15, 0.2) is 10.3 Å². The highest BCUT2D eigenvalue weighted by atomic mass is 35.5. The number of hydrogen-bond donors (Lipinski definition) is 2. The summed E-state index contributed by atoms with van der Waals surface area (Å²) in [5.41, 5.74) is 8.88. The molecular formula is C19H17ClN6OS2. The van der Waals surface area contributed by atoms with Crippen LogP contribution >= 0.6 is 34.7 Å². The lowest BCUT2D eigenvalue weighted by molar-refractivity contribution is -0.116. The number of nitrogen functional groups attached to an aromatic ring is 1. The van der Waals surface area contributed by atoms with Crippen LogP contribution in [-0.2, 0) is 17.1 Å². The molecule has 10 heteroatoms. The van der Waals surface area contributed by atoms with Crippen LogP contribution in [0.15, 0.2) is 47.6 Å². The van der Waals surface area contributed by atoms with Crippen LogP contribution < -0.4 is 11.1 Å². The van der Waals surface area contributed by atoms with Crippen molar-refractivity contribution in [3.05, 3.63) is 58.6 Å². The second-order valence-electron chi connectivity index (χ2n) is 6.35. The van der Waals surface area contributed by atoms with Gasteiger partial charge < -0.3 is 11.1 Å². The first-order valence-corrected chi connectivity index (χ1v) is 10.9. The second-order valence-corrected chi connectivity index (χ2v) is 8.73. The average molecular weight is 445 g/mol. The fourth-order valence-corrected chi connectivity index (χ4v) is 4.80. The van der Waals surface area contributed by atoms with Crippen molar-refractivity contribution in [2.45, 2.75) is 24.4 Å². The number of thiazole rings is 1. The molecule has 0 atom stereocenters. The minimum Gasteiger partial charge on any atom is -0.368 e. The number of fused-ring (bicyclic) bond motifs is 1. The average Bonchev–Trinajstić information content (AvgIpc) is 3.24. The van der Waals surface area contributed by atoms with Crippen LogP contribution in [-0.4, -0.2) is 25.7 Å². The van der Waals surface area contributed by atoms with Crippen molar-refractivity contribution in [2.24, 2.45) is 0 Å². The number of nitrogens with two attached hydrogens (primary N) is 1. The van der Waals surface area contributed by atoms with E-state index >= 15 is 0 Å². The topological polar surface area (TPSA) is 98.7 Å². The first-order valence-electron chi connectivity index (χ1n) is 8.71. The molecule has 2 heterocycles. The fourth-order valence-electron chi connectivity index (χ4n) is 2.71. The number of hydrogen-bond acceptors (Lipinski definition) is 7. The first kappa shape index (κ1) is 19.7. The number of carbonyl (C=O) groups is 1. The highest BCUT2D eigenvalue weighted by molar-refractivity contribution is 7.98. The number of thioether (sulfide) groups is 1. The highest BCUT2D eigenvalue weighted by Crippen LogP contribution is 2.28. The lowest BCUT2D eigenvalue weighted by Crippen LogP contribution is -2.20. The molecule has 0 saturated heterocycles. The molecule has 4 aromatic rings. The zero-order chi connectivity index (χ0) is 20.4. The van der Waals surface area contributed by atoms with Crippen molar-refractivity contribution in [1.82, 2.24) is 19.7 Å². The summed E-state index contributed by atoms with van der Waals surface area (Å²) in [6.07, 6.45) is 0. The third-order valence-electron chi connectivity index (χ3n) is 4.15. The van der Waals surface area contributed by atoms with Gasteiger partial charge in [-0.3, -0.25) is 9.36 Å². The largest absolute Gasteiger partial charge is 0.368 e. The van der Waals surface area contributed by atoms with Gasteiger partial charge in [-0.05, 0) is 36.2 Å². The van der Waals surface area contributed by atoms with Gasteiger partial charge >= 0.3 is 0 Å². The summed E-state index contributed by atoms with van der Waals surface area (Å²) >= 11 is 9.05. The van der Waals surface area contributed by atoms with E-state index < -0.39 is 0 Å². The molecule has 7 nitrogen and oxygen atoms in total. The third kappa shape index (κ3) is 4.52. The Bertz CT molecular complexity index is 1190. The summed E-state index contributed by atoms with van der Waals surface area (Å²) in [5.74, 6) is 0.532. The number of benzene rings is 2. The summed E-state index contributed by atoms with van der Waals surface area (Å²) in [5, 5.41) is 12.6. The van der Waals surface area contributed by atoms with E-state index in [1.54, 1.807) is 4.57 Å². The molecule has 148 valence electrons. The Morgan fingerprint density at radius 2 is 2.10 bits per heavy atom. The van der Waals surface area contributed by atoms with Gasteiger partial charge in [0.25, 0.3) is 0 Å². The molecule has 1 amide bonds. The van der Waals surface area contributed by atoms with Gasteiger partial charge in [0, 0.05) is 10.8 Å². The molecule has 0 saturated carbocycles. The van der Waals surface area contributed by atoms with Gasteiger partial charge in [0.05, 0.1) is 10.2 Å². The van der Waals surface area contributed by atoms with Gasteiger partial charge in [-0.25, -0.2) is 4.98 Å². The molecule has 0 aliphatic rings. The summed E-state index contributed by atoms with van der Waals surface area (Å²) < 4.78 is 2.60. The van der Waals surface area contributed by atoms with Crippen molar-refractivity contribution in [2.75, 3.05) is 11.1 Å². The number of nitrogens with one attached hydrogen (secondary N) is 1. The number of aryl methyl sites for hydroxylation is 1. The maximum absolute atomic E-state index is 12.5. The van der Waals surface area contributed by atoms with E-state index in [9.17, 15) is 4.79 Å². The van der Waals surface area contributed by atoms with Gasteiger partial charge in [-0.1, -0.05) is 59.0 Å². The predicted octanol–water partition coefficient (Wildman–Crippen LogP) is 4.36. The van der Waals surface area contributed by atoms with Crippen LogP contribution in [0.4, 0.5) is 11.1 Å². The number of anilines is 2. The minimum absolute atomic E-state index is 0.00135. The molecule has 3 N–H and O–H groups in total. The van der Waals surface area contributed by atoms with E-state index in [1.807, 2.05) is 49.4 Å². The fraction of sp³-hybridized carbons (Fsp3) is 0.158.